The van der Waals surface area contributed by atoms with Crippen LogP contribution in [0.25, 0.3) is 6.08 Å². The highest BCUT2D eigenvalue weighted by molar-refractivity contribution is 5.68. The number of amides is 1. The highest BCUT2D eigenvalue weighted by atomic mass is 16.7. The molecule has 0 aliphatic carbocycles. The summed E-state index contributed by atoms with van der Waals surface area (Å²) >= 11 is 0. The normalized spacial score (nSPS) is 19.5. The number of likely N-dealkylation sites (tertiary alicyclic amines) is 1. The predicted molar refractivity (Wildman–Crippen MR) is 100.0 cm³/mol. The lowest BCUT2D eigenvalue weighted by atomic mass is 10.2. The second kappa shape index (κ2) is 10.1. The lowest BCUT2D eigenvalue weighted by molar-refractivity contribution is -0.0768. The molecule has 26 heavy (non-hydrogen) atoms. The van der Waals surface area contributed by atoms with Gasteiger partial charge in [-0.1, -0.05) is 12.2 Å². The fraction of sp³-hybridized carbons (Fsp3) is 0.579. The average molecular weight is 363 g/mol. The van der Waals surface area contributed by atoms with Crippen molar-refractivity contribution in [1.82, 2.24) is 15.2 Å². The molecule has 144 valence electrons. The molecule has 7 nitrogen and oxygen atoms in total. The van der Waals surface area contributed by atoms with E-state index in [1.165, 1.54) is 7.11 Å². The van der Waals surface area contributed by atoms with Crippen molar-refractivity contribution in [3.05, 3.63) is 30.1 Å². The number of nitrogens with one attached hydrogen (secondary N) is 1. The van der Waals surface area contributed by atoms with Crippen LogP contribution < -0.4 is 10.1 Å². The Morgan fingerprint density at radius 1 is 1.46 bits per heavy atom. The number of carbonyl (C=O) groups is 1. The number of rotatable bonds is 8. The van der Waals surface area contributed by atoms with Crippen LogP contribution in [0.1, 0.15) is 32.3 Å². The van der Waals surface area contributed by atoms with Crippen LogP contribution in [0.5, 0.6) is 5.75 Å². The number of hydrogen-bond donors (Lipinski definition) is 1. The Labute approximate surface area is 155 Å². The Bertz CT molecular complexity index is 608. The molecule has 2 heterocycles. The average Bonchev–Trinajstić information content (AvgIpc) is 3.10. The van der Waals surface area contributed by atoms with E-state index in [0.717, 1.165) is 18.4 Å². The summed E-state index contributed by atoms with van der Waals surface area (Å²) in [5, 5.41) is 3.20. The largest absolute Gasteiger partial charge is 0.487 e. The first kappa shape index (κ1) is 20.2. The molecule has 1 N–H and O–H groups in total. The number of pyridine rings is 1. The molecule has 1 saturated heterocycles. The van der Waals surface area contributed by atoms with Crippen molar-refractivity contribution in [3.63, 3.8) is 0 Å². The molecule has 7 heteroatoms. The van der Waals surface area contributed by atoms with E-state index >= 15 is 0 Å². The summed E-state index contributed by atoms with van der Waals surface area (Å²) < 4.78 is 16.1. The summed E-state index contributed by atoms with van der Waals surface area (Å²) in [6, 6.07) is 2.39. The van der Waals surface area contributed by atoms with E-state index < -0.39 is 6.29 Å². The van der Waals surface area contributed by atoms with E-state index in [2.05, 4.69) is 23.3 Å². The molecule has 1 aliphatic heterocycles. The number of hydrogen-bond acceptors (Lipinski definition) is 6. The van der Waals surface area contributed by atoms with Crippen molar-refractivity contribution in [2.45, 2.75) is 45.1 Å². The zero-order chi connectivity index (χ0) is 18.9. The topological polar surface area (TPSA) is 72.9 Å². The molecule has 1 fully saturated rings. The molecule has 0 bridgehead atoms. The van der Waals surface area contributed by atoms with Crippen LogP contribution in [0.2, 0.25) is 0 Å². The van der Waals surface area contributed by atoms with Crippen LogP contribution in [-0.4, -0.2) is 61.7 Å². The molecule has 0 spiro atoms. The van der Waals surface area contributed by atoms with Gasteiger partial charge in [-0.15, -0.1) is 0 Å². The Morgan fingerprint density at radius 3 is 3.00 bits per heavy atom. The van der Waals surface area contributed by atoms with Crippen molar-refractivity contribution in [1.29, 1.82) is 0 Å². The van der Waals surface area contributed by atoms with E-state index in [-0.39, 0.29) is 12.2 Å². The van der Waals surface area contributed by atoms with Gasteiger partial charge in [-0.2, -0.15) is 0 Å². The number of carbonyl (C=O) groups excluding carboxylic acids is 1. The molecule has 0 aromatic carbocycles. The summed E-state index contributed by atoms with van der Waals surface area (Å²) in [7, 11) is 3.45. The lowest BCUT2D eigenvalue weighted by Crippen LogP contribution is -2.33. The molecular formula is C19H29N3O4. The Morgan fingerprint density at radius 2 is 2.27 bits per heavy atom. The summed E-state index contributed by atoms with van der Waals surface area (Å²) in [5.41, 5.74) is 0.994. The second-order valence-electron chi connectivity index (χ2n) is 6.44. The van der Waals surface area contributed by atoms with Gasteiger partial charge in [0.25, 0.3) is 0 Å². The third kappa shape index (κ3) is 6.31. The van der Waals surface area contributed by atoms with Gasteiger partial charge in [-0.3, -0.25) is 4.98 Å². The van der Waals surface area contributed by atoms with Gasteiger partial charge in [-0.05, 0) is 38.9 Å². The lowest BCUT2D eigenvalue weighted by Gasteiger charge is -2.19. The van der Waals surface area contributed by atoms with E-state index in [1.807, 2.05) is 19.2 Å². The van der Waals surface area contributed by atoms with Crippen molar-refractivity contribution >= 4 is 12.2 Å². The molecule has 1 unspecified atom stereocenters. The molecule has 1 aromatic heterocycles. The summed E-state index contributed by atoms with van der Waals surface area (Å²) in [6.07, 6.45) is 8.37. The standard InChI is InChI=1S/C19H29N3O4/c1-14(20-3)6-5-7-16-10-18(12-21-11-16)26-17-8-9-22(13-17)19(23)25-15(2)24-4/h5,7,10-12,14-15,17,20H,6,8-9,13H2,1-4H3/t14-,15?,17+/m0/s1. The minimum Gasteiger partial charge on any atom is -0.487 e. The van der Waals surface area contributed by atoms with Gasteiger partial charge in [0.05, 0.1) is 12.7 Å². The molecular weight excluding hydrogens is 334 g/mol. The van der Waals surface area contributed by atoms with Crippen LogP contribution in [0, 0.1) is 0 Å². The van der Waals surface area contributed by atoms with Crippen LogP contribution in [-0.2, 0) is 9.47 Å². The fourth-order valence-corrected chi connectivity index (χ4v) is 2.56. The Balaban J connectivity index is 1.85. The van der Waals surface area contributed by atoms with Crippen LogP contribution in [0.4, 0.5) is 4.79 Å². The van der Waals surface area contributed by atoms with Gasteiger partial charge in [0.1, 0.15) is 11.9 Å². The maximum Gasteiger partial charge on any atom is 0.412 e. The van der Waals surface area contributed by atoms with Crippen molar-refractivity contribution in [2.24, 2.45) is 0 Å². The third-order valence-corrected chi connectivity index (χ3v) is 4.33. The Hall–Kier alpha value is -2.12. The minimum atomic E-state index is -0.555. The van der Waals surface area contributed by atoms with Crippen molar-refractivity contribution in [3.8, 4) is 5.75 Å². The van der Waals surface area contributed by atoms with Crippen LogP contribution >= 0.6 is 0 Å². The monoisotopic (exact) mass is 363 g/mol. The van der Waals surface area contributed by atoms with Crippen LogP contribution in [0.3, 0.4) is 0 Å². The summed E-state index contributed by atoms with van der Waals surface area (Å²) in [4.78, 5) is 17.9. The van der Waals surface area contributed by atoms with Crippen molar-refractivity contribution in [2.75, 3.05) is 27.2 Å². The van der Waals surface area contributed by atoms with Gasteiger partial charge in [0.2, 0.25) is 6.29 Å². The van der Waals surface area contributed by atoms with Crippen molar-refractivity contribution < 1.29 is 19.0 Å². The van der Waals surface area contributed by atoms with E-state index in [4.69, 9.17) is 14.2 Å². The quantitative estimate of drug-likeness (QED) is 0.716. The molecule has 1 aliphatic rings. The first-order valence-corrected chi connectivity index (χ1v) is 8.95. The highest BCUT2D eigenvalue weighted by Gasteiger charge is 2.29. The zero-order valence-electron chi connectivity index (χ0n) is 16.0. The van der Waals surface area contributed by atoms with Gasteiger partial charge < -0.3 is 24.4 Å². The van der Waals surface area contributed by atoms with Gasteiger partial charge in [-0.25, -0.2) is 4.79 Å². The number of methoxy groups -OCH3 is 1. The second-order valence-corrected chi connectivity index (χ2v) is 6.44. The van der Waals surface area contributed by atoms with Gasteiger partial charge in [0, 0.05) is 32.3 Å². The third-order valence-electron chi connectivity index (χ3n) is 4.33. The first-order chi connectivity index (χ1) is 12.5. The van der Waals surface area contributed by atoms with Gasteiger partial charge >= 0.3 is 6.09 Å². The van der Waals surface area contributed by atoms with E-state index in [9.17, 15) is 4.79 Å². The Kier molecular flexibility index (Phi) is 7.87. The smallest absolute Gasteiger partial charge is 0.412 e. The van der Waals surface area contributed by atoms with E-state index in [0.29, 0.717) is 24.9 Å². The molecule has 0 saturated carbocycles. The zero-order valence-corrected chi connectivity index (χ0v) is 16.0. The van der Waals surface area contributed by atoms with Gasteiger partial charge in [0.15, 0.2) is 0 Å². The van der Waals surface area contributed by atoms with Crippen LogP contribution in [0.15, 0.2) is 24.5 Å². The number of aromatic nitrogens is 1. The summed E-state index contributed by atoms with van der Waals surface area (Å²) in [6.45, 7) is 4.92. The molecule has 2 rings (SSSR count). The maximum atomic E-state index is 12.0. The number of nitrogens with zero attached hydrogens (tertiary/aromatic N) is 2. The molecule has 1 amide bonds. The number of ether oxygens (including phenoxy) is 3. The highest BCUT2D eigenvalue weighted by Crippen LogP contribution is 2.20. The predicted octanol–water partition coefficient (Wildman–Crippen LogP) is 2.67. The van der Waals surface area contributed by atoms with E-state index in [1.54, 1.807) is 24.2 Å². The maximum absolute atomic E-state index is 12.0. The first-order valence-electron chi connectivity index (χ1n) is 8.95. The fourth-order valence-electron chi connectivity index (χ4n) is 2.56. The minimum absolute atomic E-state index is 0.0641. The SMILES string of the molecule is CN[C@@H](C)CC=Cc1cncc(O[C@@H]2CCN(C(=O)OC(C)OC)C2)c1. The molecule has 3 atom stereocenters. The molecule has 1 aromatic rings. The molecule has 0 radical (unpaired) electrons. The summed E-state index contributed by atoms with van der Waals surface area (Å²) in [5.74, 6) is 0.708.